The summed E-state index contributed by atoms with van der Waals surface area (Å²) in [6.07, 6.45) is -3.42. The summed E-state index contributed by atoms with van der Waals surface area (Å²) < 4.78 is 54.9. The number of rotatable bonds is 9. The summed E-state index contributed by atoms with van der Waals surface area (Å²) >= 11 is 0.157. The Morgan fingerprint density at radius 2 is 1.81 bits per heavy atom. The van der Waals surface area contributed by atoms with Crippen molar-refractivity contribution in [2.75, 3.05) is 25.6 Å². The number of amides is 1. The van der Waals surface area contributed by atoms with E-state index in [2.05, 4.69) is 15.5 Å². The van der Waals surface area contributed by atoms with Gasteiger partial charge in [0, 0.05) is 0 Å². The normalized spacial score (nSPS) is 11.5. The molecule has 0 spiro atoms. The fourth-order valence-electron chi connectivity index (χ4n) is 3.08. The van der Waals surface area contributed by atoms with Gasteiger partial charge in [-0.3, -0.25) is 10.1 Å². The van der Waals surface area contributed by atoms with Crippen LogP contribution in [0.4, 0.5) is 18.3 Å². The minimum Gasteiger partial charge on any atom is -0.493 e. The Hall–Kier alpha value is -4.11. The summed E-state index contributed by atoms with van der Waals surface area (Å²) in [5.74, 6) is 0.660. The van der Waals surface area contributed by atoms with Crippen LogP contribution in [-0.2, 0) is 11.0 Å². The van der Waals surface area contributed by atoms with Crippen molar-refractivity contribution in [3.63, 3.8) is 0 Å². The second-order valence-electron chi connectivity index (χ2n) is 7.36. The zero-order valence-electron chi connectivity index (χ0n) is 19.5. The lowest BCUT2D eigenvalue weighted by Gasteiger charge is -2.14. The van der Waals surface area contributed by atoms with E-state index in [0.717, 1.165) is 16.9 Å². The van der Waals surface area contributed by atoms with Gasteiger partial charge in [-0.1, -0.05) is 35.6 Å². The largest absolute Gasteiger partial charge is 0.493 e. The average molecular weight is 519 g/mol. The molecule has 0 aliphatic heterocycles. The molecule has 0 unspecified atom stereocenters. The van der Waals surface area contributed by atoms with Crippen molar-refractivity contribution in [2.24, 2.45) is 0 Å². The molecule has 0 saturated carbocycles. The predicted octanol–water partition coefficient (Wildman–Crippen LogP) is 5.19. The number of alkyl halides is 3. The number of hydrogen-bond donors (Lipinski definition) is 1. The number of para-hydroxylation sites is 1. The molecule has 12 heteroatoms. The van der Waals surface area contributed by atoms with Gasteiger partial charge >= 0.3 is 6.18 Å². The number of carbonyl (C=O) groups is 1. The number of aromatic nitrogens is 2. The highest BCUT2D eigenvalue weighted by Gasteiger charge is 2.35. The second-order valence-corrected chi connectivity index (χ2v) is 8.34. The zero-order valence-corrected chi connectivity index (χ0v) is 20.3. The number of benzene rings is 2. The molecule has 36 heavy (non-hydrogen) atoms. The molecule has 0 aliphatic rings. The van der Waals surface area contributed by atoms with E-state index < -0.39 is 17.1 Å². The number of halogens is 3. The van der Waals surface area contributed by atoms with E-state index in [1.54, 1.807) is 24.3 Å². The standard InChI is InChI=1S/C24H21F3N4O4S/c1-14-5-4-6-15(2)20(14)35-10-9-34-18-8-7-16(12-19(18)33-3)11-17(13-28)21(32)29-23-31-30-22(36-23)24(25,26)27/h4-8,11-12H,9-10H2,1-3H3,(H,29,31,32)/b17-11-. The molecule has 1 aromatic heterocycles. The van der Waals surface area contributed by atoms with Crippen LogP contribution in [0.2, 0.25) is 0 Å². The number of nitrogens with one attached hydrogen (secondary N) is 1. The fraction of sp³-hybridized carbons (Fsp3) is 0.250. The molecule has 0 saturated heterocycles. The monoisotopic (exact) mass is 518 g/mol. The van der Waals surface area contributed by atoms with Crippen LogP contribution in [0, 0.1) is 25.2 Å². The molecule has 3 aromatic rings. The van der Waals surface area contributed by atoms with Gasteiger partial charge in [-0.15, -0.1) is 10.2 Å². The number of nitriles is 1. The predicted molar refractivity (Wildman–Crippen MR) is 127 cm³/mol. The first-order valence-corrected chi connectivity index (χ1v) is 11.3. The van der Waals surface area contributed by atoms with Gasteiger partial charge in [0.05, 0.1) is 7.11 Å². The number of anilines is 1. The Balaban J connectivity index is 1.65. The maximum Gasteiger partial charge on any atom is 0.445 e. The van der Waals surface area contributed by atoms with Gasteiger partial charge in [-0.25, -0.2) is 0 Å². The molecule has 0 bridgehead atoms. The van der Waals surface area contributed by atoms with Gasteiger partial charge in [-0.05, 0) is 48.7 Å². The molecule has 0 fully saturated rings. The Labute approximate surface area is 208 Å². The number of aryl methyl sites for hydroxylation is 2. The van der Waals surface area contributed by atoms with Crippen LogP contribution in [0.5, 0.6) is 17.2 Å². The molecule has 2 aromatic carbocycles. The fourth-order valence-corrected chi connectivity index (χ4v) is 3.69. The highest BCUT2D eigenvalue weighted by Crippen LogP contribution is 2.33. The van der Waals surface area contributed by atoms with Crippen molar-refractivity contribution in [1.29, 1.82) is 5.26 Å². The maximum absolute atomic E-state index is 12.7. The number of ether oxygens (including phenoxy) is 3. The second kappa shape index (κ2) is 11.5. The van der Waals surface area contributed by atoms with E-state index in [1.807, 2.05) is 32.0 Å². The Bertz CT molecular complexity index is 1300. The van der Waals surface area contributed by atoms with Gasteiger partial charge in [0.15, 0.2) is 11.5 Å². The number of methoxy groups -OCH3 is 1. The van der Waals surface area contributed by atoms with Crippen LogP contribution in [-0.4, -0.2) is 36.4 Å². The third-order valence-electron chi connectivity index (χ3n) is 4.75. The van der Waals surface area contributed by atoms with Crippen LogP contribution in [0.25, 0.3) is 6.08 Å². The molecular formula is C24H21F3N4O4S. The van der Waals surface area contributed by atoms with Crippen LogP contribution >= 0.6 is 11.3 Å². The lowest BCUT2D eigenvalue weighted by Crippen LogP contribution is -2.13. The SMILES string of the molecule is COc1cc(/C=C(/C#N)C(=O)Nc2nnc(C(F)(F)F)s2)ccc1OCCOc1c(C)cccc1C. The summed E-state index contributed by atoms with van der Waals surface area (Å²) in [6.45, 7) is 4.47. The molecule has 1 N–H and O–H groups in total. The molecule has 1 heterocycles. The summed E-state index contributed by atoms with van der Waals surface area (Å²) in [5, 5.41) is 16.2. The first-order chi connectivity index (χ1) is 17.1. The van der Waals surface area contributed by atoms with Crippen molar-refractivity contribution >= 4 is 28.5 Å². The van der Waals surface area contributed by atoms with Crippen molar-refractivity contribution in [1.82, 2.24) is 10.2 Å². The summed E-state index contributed by atoms with van der Waals surface area (Å²) in [6, 6.07) is 12.4. The first kappa shape index (κ1) is 26.5. The minimum absolute atomic E-state index is 0.157. The number of nitrogens with zero attached hydrogens (tertiary/aromatic N) is 3. The number of carbonyl (C=O) groups excluding carboxylic acids is 1. The van der Waals surface area contributed by atoms with E-state index >= 15 is 0 Å². The Morgan fingerprint density at radius 1 is 1.11 bits per heavy atom. The van der Waals surface area contributed by atoms with Crippen molar-refractivity contribution in [3.05, 3.63) is 63.7 Å². The highest BCUT2D eigenvalue weighted by molar-refractivity contribution is 7.15. The van der Waals surface area contributed by atoms with Crippen LogP contribution in [0.1, 0.15) is 21.7 Å². The van der Waals surface area contributed by atoms with E-state index in [0.29, 0.717) is 23.7 Å². The minimum atomic E-state index is -4.68. The molecule has 0 atom stereocenters. The molecular weight excluding hydrogens is 497 g/mol. The zero-order chi connectivity index (χ0) is 26.3. The van der Waals surface area contributed by atoms with E-state index in [1.165, 1.54) is 13.2 Å². The quantitative estimate of drug-likeness (QED) is 0.236. The van der Waals surface area contributed by atoms with Crippen molar-refractivity contribution in [3.8, 4) is 23.3 Å². The average Bonchev–Trinajstić information content (AvgIpc) is 3.31. The van der Waals surface area contributed by atoms with Crippen molar-refractivity contribution < 1.29 is 32.2 Å². The molecule has 8 nitrogen and oxygen atoms in total. The molecule has 0 radical (unpaired) electrons. The van der Waals surface area contributed by atoms with Gasteiger partial charge < -0.3 is 14.2 Å². The van der Waals surface area contributed by atoms with Crippen LogP contribution < -0.4 is 19.5 Å². The third-order valence-corrected chi connectivity index (χ3v) is 5.63. The molecule has 0 aliphatic carbocycles. The van der Waals surface area contributed by atoms with Crippen LogP contribution in [0.3, 0.4) is 0 Å². The molecule has 3 rings (SSSR count). The molecule has 1 amide bonds. The van der Waals surface area contributed by atoms with E-state index in [9.17, 15) is 23.2 Å². The lowest BCUT2D eigenvalue weighted by atomic mass is 10.1. The summed E-state index contributed by atoms with van der Waals surface area (Å²) in [4.78, 5) is 12.4. The Kier molecular flexibility index (Phi) is 8.50. The van der Waals surface area contributed by atoms with Gasteiger partial charge in [-0.2, -0.15) is 18.4 Å². The van der Waals surface area contributed by atoms with Gasteiger partial charge in [0.25, 0.3) is 5.91 Å². The van der Waals surface area contributed by atoms with E-state index in [-0.39, 0.29) is 28.6 Å². The summed E-state index contributed by atoms with van der Waals surface area (Å²) in [5.41, 5.74) is 2.13. The summed E-state index contributed by atoms with van der Waals surface area (Å²) in [7, 11) is 1.44. The maximum atomic E-state index is 12.7. The number of hydrogen-bond acceptors (Lipinski definition) is 8. The Morgan fingerprint density at radius 3 is 2.42 bits per heavy atom. The van der Waals surface area contributed by atoms with E-state index in [4.69, 9.17) is 14.2 Å². The third kappa shape index (κ3) is 6.73. The van der Waals surface area contributed by atoms with Gasteiger partial charge in [0.2, 0.25) is 10.1 Å². The lowest BCUT2D eigenvalue weighted by molar-refractivity contribution is -0.138. The smallest absolute Gasteiger partial charge is 0.445 e. The highest BCUT2D eigenvalue weighted by atomic mass is 32.1. The topological polar surface area (TPSA) is 106 Å². The van der Waals surface area contributed by atoms with Crippen molar-refractivity contribution in [2.45, 2.75) is 20.0 Å². The van der Waals surface area contributed by atoms with Gasteiger partial charge in [0.1, 0.15) is 30.6 Å². The molecule has 188 valence electrons. The first-order valence-electron chi connectivity index (χ1n) is 10.5. The van der Waals surface area contributed by atoms with Crippen LogP contribution in [0.15, 0.2) is 42.0 Å².